The van der Waals surface area contributed by atoms with Gasteiger partial charge < -0.3 is 19.4 Å². The average molecular weight is 315 g/mol. The first-order chi connectivity index (χ1) is 11.1. The summed E-state index contributed by atoms with van der Waals surface area (Å²) >= 11 is 0. The van der Waals surface area contributed by atoms with Crippen molar-refractivity contribution in [3.8, 4) is 17.2 Å². The van der Waals surface area contributed by atoms with Crippen LogP contribution in [-0.4, -0.2) is 31.7 Å². The van der Waals surface area contributed by atoms with Gasteiger partial charge in [0.05, 0.1) is 13.3 Å². The van der Waals surface area contributed by atoms with Gasteiger partial charge in [-0.15, -0.1) is 0 Å². The summed E-state index contributed by atoms with van der Waals surface area (Å²) in [6.45, 7) is 4.90. The van der Waals surface area contributed by atoms with Crippen LogP contribution < -0.4 is 14.2 Å². The zero-order chi connectivity index (χ0) is 16.7. The number of benzene rings is 2. The summed E-state index contributed by atoms with van der Waals surface area (Å²) in [7, 11) is 1.59. The lowest BCUT2D eigenvalue weighted by Gasteiger charge is -2.12. The molecule has 0 aliphatic rings. The lowest BCUT2D eigenvalue weighted by molar-refractivity contribution is 0.216. The van der Waals surface area contributed by atoms with Gasteiger partial charge in [0.1, 0.15) is 30.5 Å². The number of aryl methyl sites for hydroxylation is 2. The third kappa shape index (κ3) is 4.64. The molecule has 122 valence electrons. The molecule has 0 saturated heterocycles. The molecule has 23 heavy (non-hydrogen) atoms. The summed E-state index contributed by atoms with van der Waals surface area (Å²) in [4.78, 5) is 0. The molecule has 5 heteroatoms. The molecule has 2 aromatic rings. The van der Waals surface area contributed by atoms with E-state index in [1.165, 1.54) is 17.3 Å². The van der Waals surface area contributed by atoms with Crippen LogP contribution in [0.4, 0.5) is 0 Å². The van der Waals surface area contributed by atoms with Crippen molar-refractivity contribution < 1.29 is 19.4 Å². The van der Waals surface area contributed by atoms with E-state index in [1.807, 2.05) is 18.2 Å². The first-order valence-corrected chi connectivity index (χ1v) is 7.32. The zero-order valence-electron chi connectivity index (χ0n) is 13.6. The standard InChI is InChI=1S/C18H21NO4/c1-13-4-6-17(10-14(13)2)22-8-9-23-18-11-16(21-3)7-5-15(18)12-19-20/h4-7,10-12,20H,8-9H2,1-3H3/b19-12+. The summed E-state index contributed by atoms with van der Waals surface area (Å²) in [6.07, 6.45) is 1.32. The molecule has 0 aliphatic carbocycles. The van der Waals surface area contributed by atoms with E-state index < -0.39 is 0 Å². The van der Waals surface area contributed by atoms with Crippen LogP contribution in [0.5, 0.6) is 17.2 Å². The fourth-order valence-corrected chi connectivity index (χ4v) is 2.05. The molecule has 0 spiro atoms. The Labute approximate surface area is 136 Å². The molecule has 0 aromatic heterocycles. The second-order valence-electron chi connectivity index (χ2n) is 5.09. The quantitative estimate of drug-likeness (QED) is 0.367. The largest absolute Gasteiger partial charge is 0.497 e. The summed E-state index contributed by atoms with van der Waals surface area (Å²) in [5, 5.41) is 11.7. The van der Waals surface area contributed by atoms with E-state index in [0.717, 1.165) is 5.75 Å². The highest BCUT2D eigenvalue weighted by atomic mass is 16.5. The van der Waals surface area contributed by atoms with Gasteiger partial charge in [0, 0.05) is 11.6 Å². The van der Waals surface area contributed by atoms with Gasteiger partial charge in [-0.2, -0.15) is 0 Å². The maximum atomic E-state index is 8.70. The van der Waals surface area contributed by atoms with Crippen LogP contribution in [-0.2, 0) is 0 Å². The molecule has 0 heterocycles. The minimum Gasteiger partial charge on any atom is -0.497 e. The van der Waals surface area contributed by atoms with Crippen LogP contribution in [0.15, 0.2) is 41.6 Å². The zero-order valence-corrected chi connectivity index (χ0v) is 13.6. The van der Waals surface area contributed by atoms with Crippen molar-refractivity contribution in [2.24, 2.45) is 5.16 Å². The fraction of sp³-hybridized carbons (Fsp3) is 0.278. The second kappa shape index (κ2) is 8.08. The first kappa shape index (κ1) is 16.7. The minimum absolute atomic E-state index is 0.367. The number of hydrogen-bond acceptors (Lipinski definition) is 5. The smallest absolute Gasteiger partial charge is 0.132 e. The molecule has 0 radical (unpaired) electrons. The lowest BCUT2D eigenvalue weighted by atomic mass is 10.1. The Morgan fingerprint density at radius 2 is 1.70 bits per heavy atom. The van der Waals surface area contributed by atoms with Gasteiger partial charge in [-0.05, 0) is 49.2 Å². The van der Waals surface area contributed by atoms with Crippen molar-refractivity contribution in [2.45, 2.75) is 13.8 Å². The number of hydrogen-bond donors (Lipinski definition) is 1. The average Bonchev–Trinajstić information content (AvgIpc) is 2.56. The molecular formula is C18H21NO4. The van der Waals surface area contributed by atoms with Gasteiger partial charge in [-0.3, -0.25) is 0 Å². The summed E-state index contributed by atoms with van der Waals surface area (Å²) in [5.74, 6) is 2.07. The highest BCUT2D eigenvalue weighted by Crippen LogP contribution is 2.23. The summed E-state index contributed by atoms with van der Waals surface area (Å²) in [5.41, 5.74) is 3.09. The number of rotatable bonds is 7. The molecule has 0 bridgehead atoms. The van der Waals surface area contributed by atoms with E-state index in [-0.39, 0.29) is 0 Å². The minimum atomic E-state index is 0.367. The molecule has 0 amide bonds. The maximum absolute atomic E-state index is 8.70. The maximum Gasteiger partial charge on any atom is 0.132 e. The van der Waals surface area contributed by atoms with Gasteiger partial charge in [0.2, 0.25) is 0 Å². The SMILES string of the molecule is COc1ccc(/C=N/O)c(OCCOc2ccc(C)c(C)c2)c1. The van der Waals surface area contributed by atoms with Crippen molar-refractivity contribution in [1.82, 2.24) is 0 Å². The molecule has 2 rings (SSSR count). The highest BCUT2D eigenvalue weighted by Gasteiger charge is 2.05. The van der Waals surface area contributed by atoms with Crippen LogP contribution in [0.25, 0.3) is 0 Å². The van der Waals surface area contributed by atoms with Crippen LogP contribution >= 0.6 is 0 Å². The van der Waals surface area contributed by atoms with Gasteiger partial charge in [0.15, 0.2) is 0 Å². The fourth-order valence-electron chi connectivity index (χ4n) is 2.05. The lowest BCUT2D eigenvalue weighted by Crippen LogP contribution is -2.10. The number of oxime groups is 1. The molecule has 5 nitrogen and oxygen atoms in total. The number of ether oxygens (including phenoxy) is 3. The van der Waals surface area contributed by atoms with Crippen LogP contribution in [0, 0.1) is 13.8 Å². The number of nitrogens with zero attached hydrogens (tertiary/aromatic N) is 1. The molecule has 2 aromatic carbocycles. The Morgan fingerprint density at radius 3 is 2.39 bits per heavy atom. The Kier molecular flexibility index (Phi) is 5.86. The summed E-state index contributed by atoms with van der Waals surface area (Å²) in [6, 6.07) is 11.3. The van der Waals surface area contributed by atoms with E-state index in [0.29, 0.717) is 30.3 Å². The van der Waals surface area contributed by atoms with Crippen LogP contribution in [0.1, 0.15) is 16.7 Å². The van der Waals surface area contributed by atoms with Crippen molar-refractivity contribution in [1.29, 1.82) is 0 Å². The first-order valence-electron chi connectivity index (χ1n) is 7.32. The number of methoxy groups -OCH3 is 1. The topological polar surface area (TPSA) is 60.3 Å². The van der Waals surface area contributed by atoms with Crippen LogP contribution in [0.3, 0.4) is 0 Å². The monoisotopic (exact) mass is 315 g/mol. The molecule has 0 unspecified atom stereocenters. The van der Waals surface area contributed by atoms with Crippen molar-refractivity contribution in [3.05, 3.63) is 53.1 Å². The van der Waals surface area contributed by atoms with Gasteiger partial charge >= 0.3 is 0 Å². The van der Waals surface area contributed by atoms with Crippen molar-refractivity contribution in [2.75, 3.05) is 20.3 Å². The predicted molar refractivity (Wildman–Crippen MR) is 89.3 cm³/mol. The van der Waals surface area contributed by atoms with Gasteiger partial charge in [0.25, 0.3) is 0 Å². The predicted octanol–water partition coefficient (Wildman–Crippen LogP) is 3.58. The van der Waals surface area contributed by atoms with E-state index in [2.05, 4.69) is 19.0 Å². The van der Waals surface area contributed by atoms with Crippen molar-refractivity contribution >= 4 is 6.21 Å². The van der Waals surface area contributed by atoms with Gasteiger partial charge in [-0.1, -0.05) is 11.2 Å². The van der Waals surface area contributed by atoms with E-state index in [1.54, 1.807) is 25.3 Å². The second-order valence-corrected chi connectivity index (χ2v) is 5.09. The van der Waals surface area contributed by atoms with Crippen molar-refractivity contribution in [3.63, 3.8) is 0 Å². The van der Waals surface area contributed by atoms with Gasteiger partial charge in [-0.25, -0.2) is 0 Å². The summed E-state index contributed by atoms with van der Waals surface area (Å²) < 4.78 is 16.6. The molecule has 1 N–H and O–H groups in total. The Bertz CT molecular complexity index is 683. The Morgan fingerprint density at radius 1 is 0.957 bits per heavy atom. The Balaban J connectivity index is 1.93. The molecule has 0 saturated carbocycles. The molecular weight excluding hydrogens is 294 g/mol. The Hall–Kier alpha value is -2.69. The highest BCUT2D eigenvalue weighted by molar-refractivity contribution is 5.83. The van der Waals surface area contributed by atoms with Crippen LogP contribution in [0.2, 0.25) is 0 Å². The molecule has 0 aliphatic heterocycles. The molecule has 0 fully saturated rings. The van der Waals surface area contributed by atoms with E-state index >= 15 is 0 Å². The normalized spacial score (nSPS) is 10.7. The third-order valence-electron chi connectivity index (χ3n) is 3.51. The third-order valence-corrected chi connectivity index (χ3v) is 3.51. The van der Waals surface area contributed by atoms with E-state index in [9.17, 15) is 0 Å². The molecule has 0 atom stereocenters. The van der Waals surface area contributed by atoms with E-state index in [4.69, 9.17) is 19.4 Å².